The molecule has 0 spiro atoms. The molecule has 0 bridgehead atoms. The number of hydrogen-bond acceptors (Lipinski definition) is 14. The molecule has 7 rings (SSSR count). The van der Waals surface area contributed by atoms with Crippen molar-refractivity contribution in [2.75, 3.05) is 0 Å². The lowest BCUT2D eigenvalue weighted by Gasteiger charge is -2.34. The summed E-state index contributed by atoms with van der Waals surface area (Å²) in [5.74, 6) is -6.06. The summed E-state index contributed by atoms with van der Waals surface area (Å²) in [7, 11) is -3.90. The topological polar surface area (TPSA) is 275 Å². The Morgan fingerprint density at radius 2 is 1.36 bits per heavy atom. The van der Waals surface area contributed by atoms with E-state index in [0.717, 1.165) is 46.6 Å². The number of hydrogen-bond donors (Lipinski definition) is 9. The van der Waals surface area contributed by atoms with Crippen molar-refractivity contribution in [1.29, 1.82) is 0 Å². The number of aryl methyl sites for hydroxylation is 1. The van der Waals surface area contributed by atoms with E-state index in [9.17, 15) is 67.2 Å². The predicted octanol–water partition coefficient (Wildman–Crippen LogP) is 5.75. The maximum atomic E-state index is 13.1. The van der Waals surface area contributed by atoms with Gasteiger partial charge in [-0.1, -0.05) is 29.8 Å². The van der Waals surface area contributed by atoms with Crippen LogP contribution in [-0.4, -0.2) is 71.1 Å². The zero-order valence-corrected chi connectivity index (χ0v) is 31.0. The van der Waals surface area contributed by atoms with Crippen molar-refractivity contribution < 1.29 is 76.7 Å². The van der Waals surface area contributed by atoms with E-state index in [1.54, 1.807) is 24.3 Å². The van der Waals surface area contributed by atoms with Gasteiger partial charge in [0, 0.05) is 35.2 Å². The predicted molar refractivity (Wildman–Crippen MR) is 199 cm³/mol. The van der Waals surface area contributed by atoms with Crippen molar-refractivity contribution >= 4 is 16.0 Å². The Morgan fingerprint density at radius 3 is 1.90 bits per heavy atom. The first-order valence-electron chi connectivity index (χ1n) is 16.9. The van der Waals surface area contributed by atoms with Crippen LogP contribution in [0, 0.1) is 6.92 Å². The first-order valence-corrected chi connectivity index (χ1v) is 18.4. The summed E-state index contributed by atoms with van der Waals surface area (Å²) in [6.45, 7) is 1.87. The average Bonchev–Trinajstić information content (AvgIpc) is 3.62. The number of nitrogens with zero attached hydrogens (tertiary/aromatic N) is 2. The number of phenolic OH excluding ortho intramolecular Hbond substituents is 8. The second kappa shape index (κ2) is 15.6. The summed E-state index contributed by atoms with van der Waals surface area (Å²) in [6, 6.07) is 19.2. The zero-order chi connectivity index (χ0) is 43.1. The van der Waals surface area contributed by atoms with Crippen LogP contribution < -0.4 is 9.88 Å². The number of halogens is 3. The van der Waals surface area contributed by atoms with Crippen molar-refractivity contribution in [3.05, 3.63) is 119 Å². The third kappa shape index (κ3) is 8.82. The molecule has 1 aromatic heterocycles. The van der Waals surface area contributed by atoms with E-state index >= 15 is 0 Å². The van der Waals surface area contributed by atoms with Gasteiger partial charge in [-0.05, 0) is 61.5 Å². The van der Waals surface area contributed by atoms with Gasteiger partial charge in [0.15, 0.2) is 46.3 Å². The van der Waals surface area contributed by atoms with Crippen LogP contribution in [0.4, 0.5) is 13.2 Å². The first-order chi connectivity index (χ1) is 27.6. The third-order valence-electron chi connectivity index (χ3n) is 8.91. The Kier molecular flexibility index (Phi) is 10.9. The maximum absolute atomic E-state index is 13.1. The summed E-state index contributed by atoms with van der Waals surface area (Å²) < 4.78 is 74.5. The zero-order valence-electron chi connectivity index (χ0n) is 30.2. The molecule has 10 N–H and O–H groups in total. The molecule has 0 unspecified atom stereocenters. The smallest absolute Gasteiger partial charge is 0.435 e. The molecule has 0 fully saturated rings. The molecule has 6 aromatic rings. The molecule has 0 amide bonds. The molecular weight excluding hydrogens is 807 g/mol. The summed E-state index contributed by atoms with van der Waals surface area (Å²) in [6.07, 6.45) is -7.09. The molecule has 0 radical (unpaired) electrons. The molecular formula is C39H32F3N3O13S. The molecule has 0 aliphatic carbocycles. The molecule has 0 saturated carbocycles. The lowest BCUT2D eigenvalue weighted by molar-refractivity contribution is -0.141. The van der Waals surface area contributed by atoms with E-state index in [4.69, 9.17) is 14.6 Å². The minimum Gasteiger partial charge on any atom is -0.508 e. The summed E-state index contributed by atoms with van der Waals surface area (Å²) >= 11 is 0. The highest BCUT2D eigenvalue weighted by atomic mass is 32.2. The number of nitrogens with two attached hydrogens (primary N) is 1. The molecule has 59 heavy (non-hydrogen) atoms. The van der Waals surface area contributed by atoms with Gasteiger partial charge in [0.2, 0.25) is 10.0 Å². The van der Waals surface area contributed by atoms with E-state index in [2.05, 4.69) is 5.10 Å². The van der Waals surface area contributed by atoms with Crippen LogP contribution in [0.25, 0.3) is 16.9 Å². The minimum absolute atomic E-state index is 0.0526. The molecule has 2 heterocycles. The van der Waals surface area contributed by atoms with Gasteiger partial charge in [0.1, 0.15) is 23.4 Å². The quantitative estimate of drug-likeness (QED) is 0.0714. The van der Waals surface area contributed by atoms with E-state index in [-0.39, 0.29) is 56.6 Å². The van der Waals surface area contributed by atoms with Crippen molar-refractivity contribution in [1.82, 2.24) is 9.78 Å². The summed E-state index contributed by atoms with van der Waals surface area (Å²) in [4.78, 5) is 12.6. The Morgan fingerprint density at radius 1 is 0.797 bits per heavy atom. The van der Waals surface area contributed by atoms with E-state index < -0.39 is 74.6 Å². The minimum atomic E-state index is -4.61. The number of aromatic hydroxyl groups is 8. The monoisotopic (exact) mass is 839 g/mol. The van der Waals surface area contributed by atoms with E-state index in [1.807, 2.05) is 6.92 Å². The number of fused-ring (bicyclic) bond motifs is 1. The number of alkyl halides is 3. The number of sulfonamides is 1. The third-order valence-corrected chi connectivity index (χ3v) is 9.84. The second-order valence-electron chi connectivity index (χ2n) is 13.1. The second-order valence-corrected chi connectivity index (χ2v) is 14.7. The normalized spacial score (nSPS) is 15.0. The Bertz CT molecular complexity index is 2640. The van der Waals surface area contributed by atoms with Crippen LogP contribution in [0.15, 0.2) is 95.9 Å². The number of primary sulfonamides is 1. The first kappa shape index (κ1) is 41.3. The molecule has 0 saturated heterocycles. The highest BCUT2D eigenvalue weighted by Crippen LogP contribution is 2.46. The number of benzene rings is 5. The molecule has 308 valence electrons. The standard InChI is InChI=1S/C22H18O11.C17H14F3N3O2S/c23-10-5-12(24)11-7-18(33-22(31)9-3-15(27)20(30)16(28)4-9)21(32-17(11)6-10)8-1-13(25)19(29)14(26)2-8;1-11-2-4-12(5-3-11)15-10-16(17(18,19)20)22-23(15)13-6-8-14(9-7-13)26(21,24)25/h1-6,18,21,23-30H,7H2;2-10H,1H3,(H2,21,24,25)/t18-,21-;/m1./s1. The Hall–Kier alpha value is -7.32. The lowest BCUT2D eigenvalue weighted by Crippen LogP contribution is -2.34. The van der Waals surface area contributed by atoms with Crippen molar-refractivity contribution in [2.24, 2.45) is 5.14 Å². The van der Waals surface area contributed by atoms with Crippen molar-refractivity contribution in [3.63, 3.8) is 0 Å². The molecule has 20 heteroatoms. The number of esters is 1. The van der Waals surface area contributed by atoms with Crippen LogP contribution in [0.1, 0.15) is 38.8 Å². The highest BCUT2D eigenvalue weighted by Gasteiger charge is 2.38. The molecule has 2 atom stereocenters. The fraction of sp³-hybridized carbons (Fsp3) is 0.128. The number of aromatic nitrogens is 2. The van der Waals surface area contributed by atoms with Gasteiger partial charge in [-0.2, -0.15) is 18.3 Å². The van der Waals surface area contributed by atoms with Crippen molar-refractivity contribution in [3.8, 4) is 68.7 Å². The van der Waals surface area contributed by atoms with Crippen LogP contribution in [0.3, 0.4) is 0 Å². The molecule has 1 aliphatic heterocycles. The maximum Gasteiger partial charge on any atom is 0.435 e. The van der Waals surface area contributed by atoms with Gasteiger partial charge in [0.05, 0.1) is 21.8 Å². The fourth-order valence-corrected chi connectivity index (χ4v) is 6.49. The number of phenols is 8. The molecule has 5 aromatic carbocycles. The summed E-state index contributed by atoms with van der Waals surface area (Å²) in [5, 5.41) is 86.9. The van der Waals surface area contributed by atoms with Gasteiger partial charge in [-0.15, -0.1) is 0 Å². The van der Waals surface area contributed by atoms with Crippen LogP contribution in [0.5, 0.6) is 51.7 Å². The SMILES string of the molecule is Cc1ccc(-c2cc(C(F)(F)F)nn2-c2ccc(S(N)(=O)=O)cc2)cc1.O=C(O[C@@H]1Cc2c(O)cc(O)cc2O[C@@H]1c1cc(O)c(O)c(O)c1)c1cc(O)c(O)c(O)c1. The van der Waals surface area contributed by atoms with Gasteiger partial charge < -0.3 is 50.3 Å². The number of ether oxygens (including phenoxy) is 2. The van der Waals surface area contributed by atoms with Crippen LogP contribution in [-0.2, 0) is 27.4 Å². The van der Waals surface area contributed by atoms with Crippen LogP contribution >= 0.6 is 0 Å². The Balaban J connectivity index is 0.000000204. The highest BCUT2D eigenvalue weighted by molar-refractivity contribution is 7.89. The van der Waals surface area contributed by atoms with Gasteiger partial charge >= 0.3 is 12.1 Å². The van der Waals surface area contributed by atoms with Gasteiger partial charge in [0.25, 0.3) is 0 Å². The van der Waals surface area contributed by atoms with E-state index in [0.29, 0.717) is 5.56 Å². The van der Waals surface area contributed by atoms with E-state index in [1.165, 1.54) is 30.3 Å². The lowest BCUT2D eigenvalue weighted by atomic mass is 9.93. The van der Waals surface area contributed by atoms with Crippen LogP contribution in [0.2, 0.25) is 0 Å². The number of carbonyl (C=O) groups excluding carboxylic acids is 1. The van der Waals surface area contributed by atoms with Crippen molar-refractivity contribution in [2.45, 2.75) is 36.6 Å². The number of rotatable bonds is 6. The Labute approximate surface area is 331 Å². The largest absolute Gasteiger partial charge is 0.508 e. The average molecular weight is 840 g/mol. The van der Waals surface area contributed by atoms with Gasteiger partial charge in [-0.3, -0.25) is 0 Å². The number of carbonyl (C=O) groups is 1. The fourth-order valence-electron chi connectivity index (χ4n) is 5.97. The summed E-state index contributed by atoms with van der Waals surface area (Å²) in [5.41, 5.74) is 0.977. The molecule has 1 aliphatic rings. The van der Waals surface area contributed by atoms with Gasteiger partial charge in [-0.25, -0.2) is 23.0 Å². The molecule has 16 nitrogen and oxygen atoms in total.